The number of sulfonamides is 1. The molecule has 1 N–H and O–H groups in total. The summed E-state index contributed by atoms with van der Waals surface area (Å²) >= 11 is 0. The lowest BCUT2D eigenvalue weighted by atomic mass is 10.1. The van der Waals surface area contributed by atoms with E-state index < -0.39 is 16.1 Å². The summed E-state index contributed by atoms with van der Waals surface area (Å²) in [7, 11) is -3.61. The molecule has 0 bridgehead atoms. The first-order valence-corrected chi connectivity index (χ1v) is 10.0. The zero-order valence-electron chi connectivity index (χ0n) is 15.0. The maximum atomic E-state index is 12.9. The van der Waals surface area contributed by atoms with Crippen LogP contribution in [0.15, 0.2) is 48.5 Å². The monoisotopic (exact) mass is 360 g/mol. The van der Waals surface area contributed by atoms with Gasteiger partial charge < -0.3 is 5.32 Å². The van der Waals surface area contributed by atoms with Crippen molar-refractivity contribution in [3.8, 4) is 0 Å². The Hall–Kier alpha value is -2.34. The van der Waals surface area contributed by atoms with E-state index in [4.69, 9.17) is 0 Å². The highest BCUT2D eigenvalue weighted by Gasteiger charge is 2.31. The number of rotatable bonds is 6. The van der Waals surface area contributed by atoms with E-state index in [9.17, 15) is 13.2 Å². The third-order valence-corrected chi connectivity index (χ3v) is 5.38. The molecule has 5 nitrogen and oxygen atoms in total. The quantitative estimate of drug-likeness (QED) is 0.857. The summed E-state index contributed by atoms with van der Waals surface area (Å²) in [6, 6.07) is 13.5. The number of carbonyl (C=O) groups is 1. The van der Waals surface area contributed by atoms with Crippen molar-refractivity contribution in [2.24, 2.45) is 0 Å². The van der Waals surface area contributed by atoms with E-state index in [-0.39, 0.29) is 5.91 Å². The van der Waals surface area contributed by atoms with Gasteiger partial charge in [-0.1, -0.05) is 37.3 Å². The van der Waals surface area contributed by atoms with Crippen LogP contribution in [0.4, 0.5) is 11.4 Å². The van der Waals surface area contributed by atoms with Crippen molar-refractivity contribution in [1.82, 2.24) is 0 Å². The van der Waals surface area contributed by atoms with Gasteiger partial charge in [0, 0.05) is 5.69 Å². The molecule has 0 aliphatic rings. The van der Waals surface area contributed by atoms with Crippen LogP contribution in [0.25, 0.3) is 0 Å². The van der Waals surface area contributed by atoms with E-state index in [1.54, 1.807) is 37.3 Å². The second-order valence-corrected chi connectivity index (χ2v) is 7.91. The summed E-state index contributed by atoms with van der Waals surface area (Å²) < 4.78 is 25.9. The molecule has 0 aliphatic heterocycles. The fourth-order valence-electron chi connectivity index (χ4n) is 2.74. The number of anilines is 2. The smallest absolute Gasteiger partial charge is 0.248 e. The Labute approximate surface area is 149 Å². The average Bonchev–Trinajstić information content (AvgIpc) is 2.56. The molecule has 2 aromatic carbocycles. The van der Waals surface area contributed by atoms with Crippen LogP contribution in [0.2, 0.25) is 0 Å². The van der Waals surface area contributed by atoms with Crippen molar-refractivity contribution < 1.29 is 13.2 Å². The number of aryl methyl sites for hydroxylation is 1. The topological polar surface area (TPSA) is 66.5 Å². The molecule has 0 radical (unpaired) electrons. The lowest BCUT2D eigenvalue weighted by molar-refractivity contribution is -0.117. The number of carbonyl (C=O) groups excluding carboxylic acids is 1. The van der Waals surface area contributed by atoms with Gasteiger partial charge in [-0.15, -0.1) is 0 Å². The molecule has 2 aromatic rings. The summed E-state index contributed by atoms with van der Waals surface area (Å²) in [5.41, 5.74) is 3.21. The van der Waals surface area contributed by atoms with Crippen LogP contribution in [0, 0.1) is 13.8 Å². The van der Waals surface area contributed by atoms with E-state index in [1.165, 1.54) is 4.31 Å². The number of nitrogens with zero attached hydrogens (tertiary/aromatic N) is 1. The van der Waals surface area contributed by atoms with Crippen molar-refractivity contribution in [3.05, 3.63) is 59.7 Å². The number of para-hydroxylation sites is 1. The molecule has 1 amide bonds. The molecule has 0 spiro atoms. The second-order valence-electron chi connectivity index (χ2n) is 6.06. The minimum absolute atomic E-state index is 0.342. The molecular formula is C19H24N2O3S. The number of nitrogens with one attached hydrogen (secondary N) is 1. The van der Waals surface area contributed by atoms with Crippen LogP contribution in [0.1, 0.15) is 24.5 Å². The summed E-state index contributed by atoms with van der Waals surface area (Å²) in [5.74, 6) is -0.342. The number of amides is 1. The predicted molar refractivity (Wildman–Crippen MR) is 102 cm³/mol. The zero-order valence-corrected chi connectivity index (χ0v) is 15.8. The summed E-state index contributed by atoms with van der Waals surface area (Å²) in [6.45, 7) is 5.70. The highest BCUT2D eigenvalue weighted by Crippen LogP contribution is 2.24. The number of hydrogen-bond donors (Lipinski definition) is 1. The number of benzene rings is 2. The SMILES string of the molecule is CCC(C(=O)Nc1cccc(C)c1C)N(c1ccccc1)S(C)(=O)=O. The van der Waals surface area contributed by atoms with Crippen molar-refractivity contribution >= 4 is 27.3 Å². The normalized spacial score (nSPS) is 12.5. The summed E-state index contributed by atoms with van der Waals surface area (Å²) in [5, 5.41) is 2.88. The van der Waals surface area contributed by atoms with Crippen LogP contribution < -0.4 is 9.62 Å². The van der Waals surface area contributed by atoms with Gasteiger partial charge in [0.2, 0.25) is 15.9 Å². The van der Waals surface area contributed by atoms with Crippen LogP contribution in [-0.2, 0) is 14.8 Å². The van der Waals surface area contributed by atoms with Gasteiger partial charge in [-0.25, -0.2) is 8.42 Å². The highest BCUT2D eigenvalue weighted by molar-refractivity contribution is 7.92. The molecule has 2 rings (SSSR count). The lowest BCUT2D eigenvalue weighted by Crippen LogP contribution is -2.47. The van der Waals surface area contributed by atoms with Gasteiger partial charge in [0.15, 0.2) is 0 Å². The fraction of sp³-hybridized carbons (Fsp3) is 0.316. The molecule has 134 valence electrons. The van der Waals surface area contributed by atoms with Gasteiger partial charge in [-0.05, 0) is 49.6 Å². The van der Waals surface area contributed by atoms with E-state index in [0.717, 1.165) is 17.4 Å². The van der Waals surface area contributed by atoms with E-state index in [2.05, 4.69) is 5.32 Å². The minimum Gasteiger partial charge on any atom is -0.324 e. The molecular weight excluding hydrogens is 336 g/mol. The van der Waals surface area contributed by atoms with E-state index in [1.807, 2.05) is 32.0 Å². The lowest BCUT2D eigenvalue weighted by Gasteiger charge is -2.30. The van der Waals surface area contributed by atoms with Gasteiger partial charge in [-0.2, -0.15) is 0 Å². The third kappa shape index (κ3) is 4.39. The Kier molecular flexibility index (Phi) is 5.85. The van der Waals surface area contributed by atoms with Crippen LogP contribution >= 0.6 is 0 Å². The summed E-state index contributed by atoms with van der Waals surface area (Å²) in [6.07, 6.45) is 1.48. The van der Waals surface area contributed by atoms with Crippen LogP contribution in [0.3, 0.4) is 0 Å². The van der Waals surface area contributed by atoms with Crippen LogP contribution in [-0.4, -0.2) is 26.6 Å². The first kappa shape index (κ1) is 19.0. The molecule has 0 saturated carbocycles. The van der Waals surface area contributed by atoms with Crippen LogP contribution in [0.5, 0.6) is 0 Å². The first-order valence-electron chi connectivity index (χ1n) is 8.17. The fourth-order valence-corrected chi connectivity index (χ4v) is 3.95. The molecule has 1 atom stereocenters. The third-order valence-electron chi connectivity index (χ3n) is 4.20. The Balaban J connectivity index is 2.38. The second kappa shape index (κ2) is 7.70. The Morgan fingerprint density at radius 3 is 2.28 bits per heavy atom. The molecule has 0 heterocycles. The molecule has 0 aromatic heterocycles. The maximum absolute atomic E-state index is 12.9. The zero-order chi connectivity index (χ0) is 18.6. The van der Waals surface area contributed by atoms with Gasteiger partial charge in [0.25, 0.3) is 0 Å². The average molecular weight is 360 g/mol. The standard InChI is InChI=1S/C19H24N2O3S/c1-5-18(19(22)20-17-13-9-10-14(2)15(17)3)21(25(4,23)24)16-11-7-6-8-12-16/h6-13,18H,5H2,1-4H3,(H,20,22). The van der Waals surface area contributed by atoms with Crippen molar-refractivity contribution in [3.63, 3.8) is 0 Å². The summed E-state index contributed by atoms with van der Waals surface area (Å²) in [4.78, 5) is 12.9. The van der Waals surface area contributed by atoms with Crippen molar-refractivity contribution in [1.29, 1.82) is 0 Å². The Bertz CT molecular complexity index is 848. The molecule has 25 heavy (non-hydrogen) atoms. The first-order chi connectivity index (χ1) is 11.8. The van der Waals surface area contributed by atoms with Gasteiger partial charge in [0.05, 0.1) is 11.9 Å². The highest BCUT2D eigenvalue weighted by atomic mass is 32.2. The predicted octanol–water partition coefficient (Wildman–Crippen LogP) is 3.49. The maximum Gasteiger partial charge on any atom is 0.248 e. The Morgan fingerprint density at radius 1 is 1.08 bits per heavy atom. The number of hydrogen-bond acceptors (Lipinski definition) is 3. The molecule has 0 saturated heterocycles. The molecule has 0 fully saturated rings. The molecule has 1 unspecified atom stereocenters. The molecule has 6 heteroatoms. The van der Waals surface area contributed by atoms with E-state index >= 15 is 0 Å². The molecule has 0 aliphatic carbocycles. The van der Waals surface area contributed by atoms with E-state index in [0.29, 0.717) is 17.8 Å². The van der Waals surface area contributed by atoms with Crippen molar-refractivity contribution in [2.75, 3.05) is 15.9 Å². The largest absolute Gasteiger partial charge is 0.324 e. The minimum atomic E-state index is -3.61. The van der Waals surface area contributed by atoms with Gasteiger partial charge in [0.1, 0.15) is 6.04 Å². The van der Waals surface area contributed by atoms with Gasteiger partial charge >= 0.3 is 0 Å². The van der Waals surface area contributed by atoms with Gasteiger partial charge in [-0.3, -0.25) is 9.10 Å². The van der Waals surface area contributed by atoms with Crippen molar-refractivity contribution in [2.45, 2.75) is 33.2 Å². The Morgan fingerprint density at radius 2 is 1.72 bits per heavy atom.